The predicted octanol–water partition coefficient (Wildman–Crippen LogP) is 3.53. The number of pyridine rings is 1. The highest BCUT2D eigenvalue weighted by Crippen LogP contribution is 2.29. The number of carbonyl (C=O) groups excluding carboxylic acids is 2. The highest BCUT2D eigenvalue weighted by Gasteiger charge is 2.37. The number of ether oxygens (including phenoxy) is 1. The summed E-state index contributed by atoms with van der Waals surface area (Å²) in [6.07, 6.45) is 2.13. The number of nitrogens with one attached hydrogen (secondary N) is 1. The molecule has 1 fully saturated rings. The van der Waals surface area contributed by atoms with Crippen LogP contribution < -0.4 is 5.32 Å². The summed E-state index contributed by atoms with van der Waals surface area (Å²) in [4.78, 5) is 31.0. The summed E-state index contributed by atoms with van der Waals surface area (Å²) in [5.74, 6) is -1.22. The summed E-state index contributed by atoms with van der Waals surface area (Å²) < 4.78 is 48.6. The molecule has 1 aliphatic rings. The van der Waals surface area contributed by atoms with Gasteiger partial charge < -0.3 is 15.0 Å². The van der Waals surface area contributed by atoms with Crippen molar-refractivity contribution in [2.45, 2.75) is 70.5 Å². The van der Waals surface area contributed by atoms with Crippen LogP contribution in [0.15, 0.2) is 35.5 Å². The Morgan fingerprint density at radius 2 is 1.89 bits per heavy atom. The second kappa shape index (κ2) is 10.7. The first-order valence-corrected chi connectivity index (χ1v) is 13.5. The second-order valence-corrected chi connectivity index (χ2v) is 12.3. The molecule has 1 aromatic carbocycles. The van der Waals surface area contributed by atoms with Crippen molar-refractivity contribution >= 4 is 32.8 Å². The maximum Gasteiger partial charge on any atom is 0.408 e. The summed E-state index contributed by atoms with van der Waals surface area (Å²) in [5.41, 5.74) is -0.711. The Bertz CT molecular complexity index is 1220. The van der Waals surface area contributed by atoms with E-state index in [4.69, 9.17) is 4.74 Å². The Kier molecular flexibility index (Phi) is 8.24. The second-order valence-electron chi connectivity index (χ2n) is 10.4. The Hall–Kier alpha value is -2.79. The van der Waals surface area contributed by atoms with Crippen LogP contribution in [0.25, 0.3) is 10.8 Å². The number of hydrogen-bond acceptors (Lipinski definition) is 6. The Morgan fingerprint density at radius 1 is 1.19 bits per heavy atom. The van der Waals surface area contributed by atoms with Crippen molar-refractivity contribution in [3.63, 3.8) is 0 Å². The van der Waals surface area contributed by atoms with Crippen molar-refractivity contribution in [1.82, 2.24) is 19.5 Å². The lowest BCUT2D eigenvalue weighted by atomic mass is 10.0. The van der Waals surface area contributed by atoms with Gasteiger partial charge in [-0.3, -0.25) is 9.78 Å². The van der Waals surface area contributed by atoms with E-state index in [2.05, 4.69) is 10.3 Å². The maximum atomic E-state index is 14.6. The van der Waals surface area contributed by atoms with Gasteiger partial charge in [0, 0.05) is 42.6 Å². The van der Waals surface area contributed by atoms with Crippen LogP contribution in [0.4, 0.5) is 9.18 Å². The minimum atomic E-state index is -4.07. The molecule has 1 saturated heterocycles. The van der Waals surface area contributed by atoms with E-state index in [1.807, 2.05) is 13.8 Å². The van der Waals surface area contributed by atoms with E-state index >= 15 is 0 Å². The third kappa shape index (κ3) is 6.12. The number of sulfonamides is 1. The Morgan fingerprint density at radius 3 is 2.53 bits per heavy atom. The predicted molar refractivity (Wildman–Crippen MR) is 134 cm³/mol. The zero-order valence-electron chi connectivity index (χ0n) is 21.6. The van der Waals surface area contributed by atoms with Crippen LogP contribution in [-0.2, 0) is 19.6 Å². The van der Waals surface area contributed by atoms with E-state index < -0.39 is 39.6 Å². The van der Waals surface area contributed by atoms with Crippen molar-refractivity contribution in [2.75, 3.05) is 19.6 Å². The molecule has 1 aliphatic heterocycles. The summed E-state index contributed by atoms with van der Waals surface area (Å²) >= 11 is 0. The lowest BCUT2D eigenvalue weighted by molar-refractivity contribution is -0.134. The maximum absolute atomic E-state index is 14.6. The van der Waals surface area contributed by atoms with E-state index in [1.165, 1.54) is 16.6 Å². The van der Waals surface area contributed by atoms with Gasteiger partial charge in [-0.1, -0.05) is 26.0 Å². The van der Waals surface area contributed by atoms with Crippen molar-refractivity contribution in [3.05, 3.63) is 36.4 Å². The van der Waals surface area contributed by atoms with Crippen LogP contribution in [0.5, 0.6) is 0 Å². The van der Waals surface area contributed by atoms with E-state index in [9.17, 15) is 22.4 Å². The van der Waals surface area contributed by atoms with Gasteiger partial charge in [0.2, 0.25) is 15.9 Å². The molecule has 2 aromatic rings. The molecule has 198 valence electrons. The number of aromatic nitrogens is 1. The number of carbonyl (C=O) groups is 2. The largest absolute Gasteiger partial charge is 0.444 e. The fraction of sp³-hybridized carbons (Fsp3) is 0.560. The monoisotopic (exact) mass is 522 g/mol. The number of fused-ring (bicyclic) bond motifs is 1. The molecular weight excluding hydrogens is 487 g/mol. The number of alkyl carbamates (subject to hydrolysis) is 1. The molecule has 11 heteroatoms. The quantitative estimate of drug-likeness (QED) is 0.644. The highest BCUT2D eigenvalue weighted by molar-refractivity contribution is 7.89. The number of nitrogens with zero attached hydrogens (tertiary/aromatic N) is 3. The van der Waals surface area contributed by atoms with Gasteiger partial charge >= 0.3 is 6.09 Å². The average molecular weight is 523 g/mol. The third-order valence-electron chi connectivity index (χ3n) is 5.98. The number of halogens is 1. The first-order chi connectivity index (χ1) is 16.7. The van der Waals surface area contributed by atoms with Gasteiger partial charge in [-0.2, -0.15) is 4.31 Å². The van der Waals surface area contributed by atoms with Gasteiger partial charge in [0.15, 0.2) is 5.82 Å². The molecule has 3 rings (SSSR count). The molecule has 2 amide bonds. The van der Waals surface area contributed by atoms with Gasteiger partial charge in [-0.05, 0) is 46.1 Å². The summed E-state index contributed by atoms with van der Waals surface area (Å²) in [7, 11) is -4.07. The van der Waals surface area contributed by atoms with Crippen molar-refractivity contribution in [3.8, 4) is 0 Å². The third-order valence-corrected chi connectivity index (χ3v) is 8.04. The lowest BCUT2D eigenvalue weighted by Crippen LogP contribution is -2.53. The first-order valence-electron chi connectivity index (χ1n) is 12.0. The molecular formula is C25H35FN4O5S. The normalized spacial score (nSPS) is 18.7. The molecule has 0 saturated carbocycles. The van der Waals surface area contributed by atoms with Crippen LogP contribution in [-0.4, -0.2) is 71.9 Å². The van der Waals surface area contributed by atoms with Crippen LogP contribution in [0.3, 0.4) is 0 Å². The molecule has 1 N–H and O–H groups in total. The minimum Gasteiger partial charge on any atom is -0.444 e. The molecule has 0 unspecified atom stereocenters. The van der Waals surface area contributed by atoms with E-state index in [-0.39, 0.29) is 35.2 Å². The highest BCUT2D eigenvalue weighted by atomic mass is 32.2. The Labute approximate surface area is 212 Å². The number of benzene rings is 1. The fourth-order valence-corrected chi connectivity index (χ4v) is 6.23. The number of rotatable bonds is 5. The smallest absolute Gasteiger partial charge is 0.408 e. The zero-order chi connectivity index (χ0) is 26.8. The van der Waals surface area contributed by atoms with Crippen LogP contribution in [0.2, 0.25) is 0 Å². The summed E-state index contributed by atoms with van der Waals surface area (Å²) in [6, 6.07) is 3.16. The lowest BCUT2D eigenvalue weighted by Gasteiger charge is -2.32. The molecule has 0 aliphatic carbocycles. The van der Waals surface area contributed by atoms with Crippen molar-refractivity contribution in [2.24, 2.45) is 5.92 Å². The molecule has 1 aromatic heterocycles. The standard InChI is InChI=1S/C25H35FN4O5S/c1-16(2)22(28-24(32)35-25(4,5)6)23(31)29-11-8-12-30(17(3)15-29)36(33,34)20-10-7-9-18-13-27-14-19(26)21(18)20/h7,9-10,13-14,16-17,22H,8,11-12,15H2,1-6H3,(H,28,32)/t17-,22-/m0/s1. The molecule has 2 atom stereocenters. The number of hydrogen-bond donors (Lipinski definition) is 1. The molecule has 0 bridgehead atoms. The number of amides is 2. The zero-order valence-corrected chi connectivity index (χ0v) is 22.4. The summed E-state index contributed by atoms with van der Waals surface area (Å²) in [5, 5.41) is 3.06. The fourth-order valence-electron chi connectivity index (χ4n) is 4.34. The molecule has 36 heavy (non-hydrogen) atoms. The minimum absolute atomic E-state index is 0.00156. The Balaban J connectivity index is 1.83. The molecule has 0 radical (unpaired) electrons. The molecule has 2 heterocycles. The van der Waals surface area contributed by atoms with Gasteiger partial charge in [0.05, 0.1) is 11.1 Å². The average Bonchev–Trinajstić information content (AvgIpc) is 2.97. The van der Waals surface area contributed by atoms with Crippen LogP contribution >= 0.6 is 0 Å². The molecule has 9 nitrogen and oxygen atoms in total. The van der Waals surface area contributed by atoms with Crippen molar-refractivity contribution in [1.29, 1.82) is 0 Å². The van der Waals surface area contributed by atoms with Gasteiger partial charge in [-0.25, -0.2) is 17.6 Å². The van der Waals surface area contributed by atoms with Crippen molar-refractivity contribution < 1.29 is 27.1 Å². The topological polar surface area (TPSA) is 109 Å². The molecule has 0 spiro atoms. The van der Waals surface area contributed by atoms with Gasteiger partial charge in [-0.15, -0.1) is 0 Å². The van der Waals surface area contributed by atoms with Gasteiger partial charge in [0.25, 0.3) is 0 Å². The first kappa shape index (κ1) is 27.8. The van der Waals surface area contributed by atoms with E-state index in [1.54, 1.807) is 44.7 Å². The van der Waals surface area contributed by atoms with Crippen LogP contribution in [0, 0.1) is 11.7 Å². The van der Waals surface area contributed by atoms with Crippen LogP contribution in [0.1, 0.15) is 48.0 Å². The SMILES string of the molecule is CC(C)[C@H](NC(=O)OC(C)(C)C)C(=O)N1CCCN(S(=O)(=O)c2cccc3cncc(F)c23)[C@@H](C)C1. The van der Waals surface area contributed by atoms with Gasteiger partial charge in [0.1, 0.15) is 11.6 Å². The summed E-state index contributed by atoms with van der Waals surface area (Å²) in [6.45, 7) is 11.2. The van der Waals surface area contributed by atoms with E-state index in [0.717, 1.165) is 6.20 Å². The van der Waals surface area contributed by atoms with E-state index in [0.29, 0.717) is 18.4 Å².